The van der Waals surface area contributed by atoms with Crippen LogP contribution < -0.4 is 11.1 Å². The van der Waals surface area contributed by atoms with E-state index in [1.165, 1.54) is 43.7 Å². The van der Waals surface area contributed by atoms with E-state index in [9.17, 15) is 0 Å². The average Bonchev–Trinajstić information content (AvgIpc) is 3.32. The molecule has 130 valence electrons. The number of piperidine rings is 3. The Morgan fingerprint density at radius 2 is 2.12 bits per heavy atom. The fourth-order valence-electron chi connectivity index (χ4n) is 4.89. The maximum absolute atomic E-state index is 6.14. The first-order chi connectivity index (χ1) is 12.3. The van der Waals surface area contributed by atoms with Crippen molar-refractivity contribution in [2.75, 3.05) is 31.5 Å². The summed E-state index contributed by atoms with van der Waals surface area (Å²) >= 11 is 1.63. The first kappa shape index (κ1) is 15.4. The third-order valence-corrected chi connectivity index (χ3v) is 7.09. The number of amidine groups is 1. The largest absolute Gasteiger partial charge is 0.384 e. The van der Waals surface area contributed by atoms with Gasteiger partial charge in [-0.1, -0.05) is 12.1 Å². The van der Waals surface area contributed by atoms with E-state index in [2.05, 4.69) is 33.4 Å². The van der Waals surface area contributed by atoms with Crippen molar-refractivity contribution in [1.82, 2.24) is 4.90 Å². The van der Waals surface area contributed by atoms with Crippen LogP contribution in [-0.2, 0) is 0 Å². The van der Waals surface area contributed by atoms with Crippen molar-refractivity contribution in [3.05, 3.63) is 46.2 Å². The van der Waals surface area contributed by atoms with Crippen molar-refractivity contribution in [3.8, 4) is 0 Å². The summed E-state index contributed by atoms with van der Waals surface area (Å²) < 4.78 is 0. The fraction of sp³-hybridized carbons (Fsp3) is 0.450. The molecule has 2 unspecified atom stereocenters. The van der Waals surface area contributed by atoms with Crippen molar-refractivity contribution in [1.29, 1.82) is 0 Å². The lowest BCUT2D eigenvalue weighted by molar-refractivity contribution is 0.0397. The molecule has 2 atom stereocenters. The zero-order chi connectivity index (χ0) is 16.8. The van der Waals surface area contributed by atoms with Crippen LogP contribution in [0, 0.1) is 11.8 Å². The van der Waals surface area contributed by atoms with Crippen molar-refractivity contribution in [3.63, 3.8) is 0 Å². The number of aliphatic imine (C=N–C) groups is 1. The number of fused-ring (bicyclic) bond motifs is 4. The normalized spacial score (nSPS) is 31.0. The minimum absolute atomic E-state index is 0.599. The van der Waals surface area contributed by atoms with Gasteiger partial charge in [0.1, 0.15) is 5.84 Å². The second kappa shape index (κ2) is 6.15. The number of rotatable bonds is 3. The van der Waals surface area contributed by atoms with Crippen LogP contribution in [0.25, 0.3) is 0 Å². The van der Waals surface area contributed by atoms with Gasteiger partial charge in [0.05, 0.1) is 10.6 Å². The summed E-state index contributed by atoms with van der Waals surface area (Å²) in [6, 6.07) is 10.6. The zero-order valence-electron chi connectivity index (χ0n) is 14.3. The summed E-state index contributed by atoms with van der Waals surface area (Å²) in [5.74, 6) is 2.97. The van der Waals surface area contributed by atoms with Gasteiger partial charge in [-0.05, 0) is 66.9 Å². The standard InChI is InChI=1S/C20H24N4S/c21-20(19-2-1-9-25-19)23-14-3-4-15-16(11-22-18(15)10-14)17-12-24-7-5-13(17)6-8-24/h1-4,9-10,13,16-17,22H,5-8,11-12H2,(H2,21,23). The lowest BCUT2D eigenvalue weighted by Gasteiger charge is -2.47. The molecule has 0 saturated carbocycles. The Hall–Kier alpha value is -1.85. The molecule has 3 fully saturated rings. The molecule has 4 aliphatic rings. The van der Waals surface area contributed by atoms with E-state index in [0.717, 1.165) is 28.9 Å². The van der Waals surface area contributed by atoms with Crippen molar-refractivity contribution >= 4 is 28.5 Å². The number of hydrogen-bond donors (Lipinski definition) is 2. The Kier molecular flexibility index (Phi) is 3.79. The van der Waals surface area contributed by atoms with Crippen LogP contribution in [0.4, 0.5) is 11.4 Å². The Bertz CT molecular complexity index is 790. The molecular formula is C20H24N4S. The molecule has 0 spiro atoms. The first-order valence-electron chi connectivity index (χ1n) is 9.26. The van der Waals surface area contributed by atoms with E-state index in [1.807, 2.05) is 17.5 Å². The van der Waals surface area contributed by atoms with E-state index in [1.54, 1.807) is 11.3 Å². The number of hydrogen-bond acceptors (Lipinski definition) is 4. The Balaban J connectivity index is 1.40. The van der Waals surface area contributed by atoms with Crippen LogP contribution in [0.3, 0.4) is 0 Å². The summed E-state index contributed by atoms with van der Waals surface area (Å²) in [5, 5.41) is 5.66. The molecule has 0 amide bonds. The molecule has 6 rings (SSSR count). The van der Waals surface area contributed by atoms with Crippen LogP contribution in [0.5, 0.6) is 0 Å². The van der Waals surface area contributed by atoms with Gasteiger partial charge in [-0.3, -0.25) is 0 Å². The number of thiophene rings is 1. The second-order valence-electron chi connectivity index (χ2n) is 7.54. The molecule has 2 aromatic rings. The minimum atomic E-state index is 0.599. The fourth-order valence-corrected chi connectivity index (χ4v) is 5.51. The summed E-state index contributed by atoms with van der Waals surface area (Å²) in [5.41, 5.74) is 9.80. The van der Waals surface area contributed by atoms with Gasteiger partial charge in [-0.2, -0.15) is 0 Å². The quantitative estimate of drug-likeness (QED) is 0.655. The van der Waals surface area contributed by atoms with Crippen LogP contribution in [0.15, 0.2) is 40.7 Å². The Labute approximate surface area is 152 Å². The van der Waals surface area contributed by atoms with Crippen molar-refractivity contribution in [2.24, 2.45) is 22.6 Å². The highest BCUT2D eigenvalue weighted by atomic mass is 32.1. The Morgan fingerprint density at radius 3 is 2.84 bits per heavy atom. The van der Waals surface area contributed by atoms with Crippen molar-refractivity contribution in [2.45, 2.75) is 18.8 Å². The van der Waals surface area contributed by atoms with Crippen LogP contribution in [0.2, 0.25) is 0 Å². The molecule has 0 aliphatic carbocycles. The van der Waals surface area contributed by atoms with Gasteiger partial charge < -0.3 is 16.0 Å². The predicted octanol–water partition coefficient (Wildman–Crippen LogP) is 3.64. The summed E-state index contributed by atoms with van der Waals surface area (Å²) in [4.78, 5) is 8.29. The second-order valence-corrected chi connectivity index (χ2v) is 8.48. The first-order valence-corrected chi connectivity index (χ1v) is 10.1. The van der Waals surface area contributed by atoms with Crippen molar-refractivity contribution < 1.29 is 0 Å². The van der Waals surface area contributed by atoms with Gasteiger partial charge in [0.2, 0.25) is 0 Å². The van der Waals surface area contributed by atoms with Crippen LogP contribution >= 0.6 is 11.3 Å². The number of nitrogens with one attached hydrogen (secondary N) is 1. The maximum Gasteiger partial charge on any atom is 0.141 e. The van der Waals surface area contributed by atoms with Crippen LogP contribution in [-0.4, -0.2) is 36.9 Å². The highest BCUT2D eigenvalue weighted by Crippen LogP contribution is 2.46. The predicted molar refractivity (Wildman–Crippen MR) is 105 cm³/mol. The number of nitrogens with zero attached hydrogens (tertiary/aromatic N) is 2. The molecule has 5 heteroatoms. The summed E-state index contributed by atoms with van der Waals surface area (Å²) in [7, 11) is 0. The van der Waals surface area contributed by atoms with E-state index >= 15 is 0 Å². The Morgan fingerprint density at radius 1 is 1.24 bits per heavy atom. The molecule has 1 aromatic carbocycles. The highest BCUT2D eigenvalue weighted by molar-refractivity contribution is 7.12. The van der Waals surface area contributed by atoms with Gasteiger partial charge in [-0.15, -0.1) is 11.3 Å². The van der Waals surface area contributed by atoms with Gasteiger partial charge in [0.15, 0.2) is 0 Å². The van der Waals surface area contributed by atoms with Crippen LogP contribution in [0.1, 0.15) is 29.2 Å². The topological polar surface area (TPSA) is 53.6 Å². The van der Waals surface area contributed by atoms with Gasteiger partial charge in [-0.25, -0.2) is 4.99 Å². The SMILES string of the molecule is NC(=Nc1ccc2c(c1)NCC2C1CN2CCC1CC2)c1cccs1. The maximum atomic E-state index is 6.14. The summed E-state index contributed by atoms with van der Waals surface area (Å²) in [6.45, 7) is 4.97. The molecule has 5 heterocycles. The number of nitrogens with two attached hydrogens (primary N) is 1. The van der Waals surface area contributed by atoms with E-state index in [-0.39, 0.29) is 0 Å². The highest BCUT2D eigenvalue weighted by Gasteiger charge is 2.41. The number of anilines is 1. The van der Waals surface area contributed by atoms with Gasteiger partial charge >= 0.3 is 0 Å². The zero-order valence-corrected chi connectivity index (χ0v) is 15.1. The van der Waals surface area contributed by atoms with E-state index in [4.69, 9.17) is 5.73 Å². The monoisotopic (exact) mass is 352 g/mol. The lowest BCUT2D eigenvalue weighted by Crippen LogP contribution is -2.49. The molecule has 4 aliphatic heterocycles. The molecular weight excluding hydrogens is 328 g/mol. The van der Waals surface area contributed by atoms with E-state index < -0.39 is 0 Å². The summed E-state index contributed by atoms with van der Waals surface area (Å²) in [6.07, 6.45) is 2.77. The molecule has 3 saturated heterocycles. The van der Waals surface area contributed by atoms with Gasteiger partial charge in [0.25, 0.3) is 0 Å². The number of benzene rings is 1. The molecule has 1 aromatic heterocycles. The third-order valence-electron chi connectivity index (χ3n) is 6.20. The minimum Gasteiger partial charge on any atom is -0.384 e. The average molecular weight is 353 g/mol. The molecule has 3 N–H and O–H groups in total. The molecule has 0 radical (unpaired) electrons. The molecule has 2 bridgehead atoms. The lowest BCUT2D eigenvalue weighted by atomic mass is 9.71. The molecule has 25 heavy (non-hydrogen) atoms. The third kappa shape index (κ3) is 2.75. The molecule has 4 nitrogen and oxygen atoms in total. The van der Waals surface area contributed by atoms with E-state index in [0.29, 0.717) is 11.8 Å². The van der Waals surface area contributed by atoms with Gasteiger partial charge in [0, 0.05) is 24.7 Å². The smallest absolute Gasteiger partial charge is 0.141 e.